The molecule has 1 aliphatic rings. The van der Waals surface area contributed by atoms with E-state index in [0.717, 1.165) is 10.8 Å². The number of carbonyl (C=O) groups is 3. The van der Waals surface area contributed by atoms with E-state index in [1.807, 2.05) is 24.3 Å². The first kappa shape index (κ1) is 32.1. The summed E-state index contributed by atoms with van der Waals surface area (Å²) >= 11 is 6.06. The number of nitrogens with one attached hydrogen (secondary N) is 1. The van der Waals surface area contributed by atoms with Gasteiger partial charge in [-0.25, -0.2) is 14.2 Å². The normalized spacial score (nSPS) is 14.4. The number of hydrogen-bond acceptors (Lipinski definition) is 7. The lowest BCUT2D eigenvalue weighted by Gasteiger charge is -2.35. The first-order valence-electron chi connectivity index (χ1n) is 14.3. The molecule has 1 fully saturated rings. The molecule has 230 valence electrons. The highest BCUT2D eigenvalue weighted by atomic mass is 35.5. The number of β-amino-alcohol motifs (C(OH)–C–C–N with tert-alkyl or cyclic N) is 1. The first-order chi connectivity index (χ1) is 20.7. The van der Waals surface area contributed by atoms with Crippen LogP contribution in [0.2, 0.25) is 5.02 Å². The molecule has 1 saturated heterocycles. The standard InChI is InChI=1S/C31H37ClFN5O5/c1-36(28(40)11-9-22-7-4-8-26(33)30(22)32)25(10-12-29(41)38-15-13-37(14-16-38)17-18-39)21-43-31(42)35-27-19-23-5-2-3-6-24(23)20-34-27/h2-8,19-20,25,39H,9-18,21H2,1H3,(H,34,35,42)/t25-/m0/s1. The molecule has 3 aromatic rings. The number of piperazine rings is 1. The smallest absolute Gasteiger partial charge is 0.412 e. The summed E-state index contributed by atoms with van der Waals surface area (Å²) in [6.45, 7) is 3.00. The number of aliphatic hydroxyl groups is 1. The molecule has 10 nitrogen and oxygen atoms in total. The Morgan fingerprint density at radius 3 is 2.58 bits per heavy atom. The highest BCUT2D eigenvalue weighted by Gasteiger charge is 2.26. The molecule has 2 aromatic carbocycles. The van der Waals surface area contributed by atoms with E-state index in [1.54, 1.807) is 36.3 Å². The quantitative estimate of drug-likeness (QED) is 0.318. The summed E-state index contributed by atoms with van der Waals surface area (Å²) in [7, 11) is 1.60. The van der Waals surface area contributed by atoms with Crippen LogP contribution in [0, 0.1) is 5.82 Å². The van der Waals surface area contributed by atoms with Crippen LogP contribution in [0.5, 0.6) is 0 Å². The molecule has 0 spiro atoms. The predicted molar refractivity (Wildman–Crippen MR) is 162 cm³/mol. The van der Waals surface area contributed by atoms with Gasteiger partial charge in [0.05, 0.1) is 17.7 Å². The van der Waals surface area contributed by atoms with E-state index >= 15 is 0 Å². The molecule has 2 N–H and O–H groups in total. The maximum atomic E-state index is 13.9. The number of aryl methyl sites for hydroxylation is 1. The fourth-order valence-electron chi connectivity index (χ4n) is 5.03. The molecule has 3 amide bonds. The summed E-state index contributed by atoms with van der Waals surface area (Å²) in [5, 5.41) is 13.6. The minimum absolute atomic E-state index is 0.0125. The first-order valence-corrected chi connectivity index (χ1v) is 14.7. The van der Waals surface area contributed by atoms with Gasteiger partial charge in [0.25, 0.3) is 0 Å². The molecule has 0 unspecified atom stereocenters. The zero-order valence-electron chi connectivity index (χ0n) is 24.2. The van der Waals surface area contributed by atoms with Gasteiger partial charge in [-0.2, -0.15) is 0 Å². The molecule has 1 aliphatic heterocycles. The number of anilines is 1. The molecule has 2 heterocycles. The minimum Gasteiger partial charge on any atom is -0.447 e. The van der Waals surface area contributed by atoms with Crippen molar-refractivity contribution in [3.05, 3.63) is 71.1 Å². The fraction of sp³-hybridized carbons (Fsp3) is 0.419. The van der Waals surface area contributed by atoms with Gasteiger partial charge in [-0.1, -0.05) is 48.0 Å². The summed E-state index contributed by atoms with van der Waals surface area (Å²) in [6.07, 6.45) is 1.66. The van der Waals surface area contributed by atoms with E-state index in [4.69, 9.17) is 21.4 Å². The number of halogens is 2. The Morgan fingerprint density at radius 2 is 1.84 bits per heavy atom. The number of fused-ring (bicyclic) bond motifs is 1. The van der Waals surface area contributed by atoms with Crippen molar-refractivity contribution in [1.29, 1.82) is 0 Å². The summed E-state index contributed by atoms with van der Waals surface area (Å²) in [6, 6.07) is 13.2. The summed E-state index contributed by atoms with van der Waals surface area (Å²) in [5.41, 5.74) is 0.522. The number of benzene rings is 2. The Balaban J connectivity index is 1.36. The van der Waals surface area contributed by atoms with Crippen LogP contribution in [-0.4, -0.2) is 102 Å². The van der Waals surface area contributed by atoms with E-state index in [-0.39, 0.29) is 55.7 Å². The maximum Gasteiger partial charge on any atom is 0.412 e. The lowest BCUT2D eigenvalue weighted by atomic mass is 10.1. The average molecular weight is 614 g/mol. The number of carbonyl (C=O) groups excluding carboxylic acids is 3. The lowest BCUT2D eigenvalue weighted by Crippen LogP contribution is -2.49. The van der Waals surface area contributed by atoms with Crippen molar-refractivity contribution < 1.29 is 28.6 Å². The van der Waals surface area contributed by atoms with E-state index < -0.39 is 18.0 Å². The van der Waals surface area contributed by atoms with Crippen LogP contribution in [-0.2, 0) is 20.7 Å². The van der Waals surface area contributed by atoms with Crippen LogP contribution >= 0.6 is 11.6 Å². The van der Waals surface area contributed by atoms with Crippen molar-refractivity contribution in [1.82, 2.24) is 19.7 Å². The Morgan fingerprint density at radius 1 is 1.09 bits per heavy atom. The molecule has 1 aromatic heterocycles. The summed E-state index contributed by atoms with van der Waals surface area (Å²) in [4.78, 5) is 48.4. The van der Waals surface area contributed by atoms with Crippen LogP contribution in [0.25, 0.3) is 10.8 Å². The third-order valence-electron chi connectivity index (χ3n) is 7.68. The number of nitrogens with zero attached hydrogens (tertiary/aromatic N) is 4. The number of ether oxygens (including phenoxy) is 1. The van der Waals surface area contributed by atoms with Gasteiger partial charge in [0.1, 0.15) is 18.2 Å². The van der Waals surface area contributed by atoms with Gasteiger partial charge in [0, 0.05) is 64.2 Å². The molecule has 1 atom stereocenters. The Bertz CT molecular complexity index is 1420. The molecular weight excluding hydrogens is 577 g/mol. The molecule has 0 radical (unpaired) electrons. The minimum atomic E-state index is -0.730. The van der Waals surface area contributed by atoms with Crippen LogP contribution in [0.1, 0.15) is 24.8 Å². The predicted octanol–water partition coefficient (Wildman–Crippen LogP) is 3.95. The second-order valence-corrected chi connectivity index (χ2v) is 10.9. The van der Waals surface area contributed by atoms with Gasteiger partial charge in [0.15, 0.2) is 0 Å². The topological polar surface area (TPSA) is 115 Å². The highest BCUT2D eigenvalue weighted by molar-refractivity contribution is 6.31. The van der Waals surface area contributed by atoms with Gasteiger partial charge in [-0.05, 0) is 35.9 Å². The molecule has 12 heteroatoms. The maximum absolute atomic E-state index is 13.9. The summed E-state index contributed by atoms with van der Waals surface area (Å²) in [5.74, 6) is -0.525. The molecule has 0 aliphatic carbocycles. The van der Waals surface area contributed by atoms with E-state index in [9.17, 15) is 18.8 Å². The van der Waals surface area contributed by atoms with Crippen molar-refractivity contribution >= 4 is 46.1 Å². The second-order valence-electron chi connectivity index (χ2n) is 10.5. The van der Waals surface area contributed by atoms with Gasteiger partial charge in [0.2, 0.25) is 11.8 Å². The number of hydrogen-bond donors (Lipinski definition) is 2. The van der Waals surface area contributed by atoms with Gasteiger partial charge in [-0.15, -0.1) is 0 Å². The average Bonchev–Trinajstić information content (AvgIpc) is 3.01. The zero-order valence-corrected chi connectivity index (χ0v) is 24.9. The largest absolute Gasteiger partial charge is 0.447 e. The van der Waals surface area contributed by atoms with Crippen LogP contribution in [0.15, 0.2) is 54.7 Å². The second kappa shape index (κ2) is 15.6. The Kier molecular flexibility index (Phi) is 11.7. The SMILES string of the molecule is CN(C(=O)CCc1cccc(F)c1Cl)[C@@H](CCC(=O)N1CCN(CCO)CC1)COC(=O)Nc1cc2ccccc2cn1. The van der Waals surface area contributed by atoms with E-state index in [1.165, 1.54) is 11.0 Å². The highest BCUT2D eigenvalue weighted by Crippen LogP contribution is 2.22. The number of amides is 3. The zero-order chi connectivity index (χ0) is 30.8. The van der Waals surface area contributed by atoms with Gasteiger partial charge >= 0.3 is 6.09 Å². The Hall–Kier alpha value is -3.80. The number of pyridine rings is 1. The fourth-order valence-corrected chi connectivity index (χ4v) is 5.25. The Labute approximate surface area is 255 Å². The molecule has 0 bridgehead atoms. The van der Waals surface area contributed by atoms with Gasteiger partial charge < -0.3 is 19.6 Å². The molecule has 0 saturated carbocycles. The molecule has 43 heavy (non-hydrogen) atoms. The van der Waals surface area contributed by atoms with Gasteiger partial charge in [-0.3, -0.25) is 19.8 Å². The van der Waals surface area contributed by atoms with E-state index in [0.29, 0.717) is 44.1 Å². The van der Waals surface area contributed by atoms with Crippen molar-refractivity contribution in [3.8, 4) is 0 Å². The molecular formula is C31H37ClFN5O5. The number of aliphatic hydroxyl groups excluding tert-OH is 1. The third kappa shape index (κ3) is 9.09. The lowest BCUT2D eigenvalue weighted by molar-refractivity contribution is -0.136. The molecule has 4 rings (SSSR count). The number of aromatic nitrogens is 1. The van der Waals surface area contributed by atoms with Crippen molar-refractivity contribution in [3.63, 3.8) is 0 Å². The number of likely N-dealkylation sites (N-methyl/N-ethyl adjacent to an activating group) is 1. The van der Waals surface area contributed by atoms with Crippen molar-refractivity contribution in [2.45, 2.75) is 31.7 Å². The monoisotopic (exact) mass is 613 g/mol. The van der Waals surface area contributed by atoms with Crippen LogP contribution < -0.4 is 5.32 Å². The van der Waals surface area contributed by atoms with E-state index in [2.05, 4.69) is 15.2 Å². The van der Waals surface area contributed by atoms with Crippen molar-refractivity contribution in [2.75, 3.05) is 58.3 Å². The number of rotatable bonds is 12. The van der Waals surface area contributed by atoms with Crippen LogP contribution in [0.3, 0.4) is 0 Å². The summed E-state index contributed by atoms with van der Waals surface area (Å²) < 4.78 is 19.4. The third-order valence-corrected chi connectivity index (χ3v) is 8.10. The van der Waals surface area contributed by atoms with Crippen molar-refractivity contribution in [2.24, 2.45) is 0 Å². The van der Waals surface area contributed by atoms with Crippen LogP contribution in [0.4, 0.5) is 15.0 Å².